The van der Waals surface area contributed by atoms with Crippen LogP contribution in [0.25, 0.3) is 0 Å². The summed E-state index contributed by atoms with van der Waals surface area (Å²) in [6, 6.07) is 4.46. The highest BCUT2D eigenvalue weighted by Crippen LogP contribution is 2.27. The third-order valence-electron chi connectivity index (χ3n) is 3.35. The largest absolute Gasteiger partial charge is 0.505 e. The van der Waals surface area contributed by atoms with Gasteiger partial charge in [0.25, 0.3) is 0 Å². The fourth-order valence-corrected chi connectivity index (χ4v) is 2.41. The molecule has 100 valence electrons. The van der Waals surface area contributed by atoms with Crippen LogP contribution in [0.4, 0.5) is 4.39 Å². The van der Waals surface area contributed by atoms with Gasteiger partial charge in [0.15, 0.2) is 11.6 Å². The van der Waals surface area contributed by atoms with E-state index in [-0.39, 0.29) is 18.4 Å². The molecule has 1 atom stereocenters. The van der Waals surface area contributed by atoms with Crippen LogP contribution in [0.1, 0.15) is 18.0 Å². The molecule has 18 heavy (non-hydrogen) atoms. The van der Waals surface area contributed by atoms with Crippen LogP contribution in [-0.2, 0) is 0 Å². The number of aromatic hydroxyl groups is 1. The summed E-state index contributed by atoms with van der Waals surface area (Å²) in [6.07, 6.45) is 0.574. The predicted molar refractivity (Wildman–Crippen MR) is 67.0 cm³/mol. The zero-order chi connectivity index (χ0) is 13.0. The maximum atomic E-state index is 13.4. The summed E-state index contributed by atoms with van der Waals surface area (Å²) in [5, 5.41) is 21.7. The summed E-state index contributed by atoms with van der Waals surface area (Å²) < 4.78 is 13.4. The molecule has 0 radical (unpaired) electrons. The maximum absolute atomic E-state index is 13.4. The molecule has 5 heteroatoms. The predicted octanol–water partition coefficient (Wildman–Crippen LogP) is 0.860. The molecule has 0 unspecified atom stereocenters. The first-order valence-electron chi connectivity index (χ1n) is 6.26. The SMILES string of the molecule is OCC[C@@H](c1ccc(O)c(F)c1)N1CCNCC1. The molecule has 3 N–H and O–H groups in total. The van der Waals surface area contributed by atoms with Crippen LogP contribution in [0.5, 0.6) is 5.75 Å². The molecule has 4 nitrogen and oxygen atoms in total. The molecule has 0 saturated carbocycles. The van der Waals surface area contributed by atoms with Gasteiger partial charge in [0.2, 0.25) is 0 Å². The van der Waals surface area contributed by atoms with Crippen molar-refractivity contribution >= 4 is 0 Å². The molecule has 1 heterocycles. The number of piperazine rings is 1. The quantitative estimate of drug-likeness (QED) is 0.746. The Balaban J connectivity index is 2.19. The molecule has 0 aliphatic carbocycles. The number of benzene rings is 1. The minimum absolute atomic E-state index is 0.00667. The van der Waals surface area contributed by atoms with Gasteiger partial charge in [0, 0.05) is 38.8 Å². The topological polar surface area (TPSA) is 55.7 Å². The van der Waals surface area contributed by atoms with Crippen LogP contribution in [0.3, 0.4) is 0 Å². The lowest BCUT2D eigenvalue weighted by atomic mass is 10.0. The van der Waals surface area contributed by atoms with Crippen molar-refractivity contribution in [3.63, 3.8) is 0 Å². The number of hydrogen-bond donors (Lipinski definition) is 3. The molecule has 1 fully saturated rings. The van der Waals surface area contributed by atoms with Gasteiger partial charge in [-0.1, -0.05) is 6.07 Å². The van der Waals surface area contributed by atoms with E-state index in [4.69, 9.17) is 5.11 Å². The fraction of sp³-hybridized carbons (Fsp3) is 0.538. The Morgan fingerprint density at radius 3 is 2.67 bits per heavy atom. The summed E-state index contributed by atoms with van der Waals surface area (Å²) in [6.45, 7) is 3.64. The summed E-state index contributed by atoms with van der Waals surface area (Å²) in [5.41, 5.74) is 0.807. The van der Waals surface area contributed by atoms with E-state index in [0.717, 1.165) is 31.7 Å². The van der Waals surface area contributed by atoms with Crippen molar-refractivity contribution in [3.8, 4) is 5.75 Å². The molecule has 1 saturated heterocycles. The van der Waals surface area contributed by atoms with Crippen molar-refractivity contribution in [2.45, 2.75) is 12.5 Å². The van der Waals surface area contributed by atoms with Gasteiger partial charge >= 0.3 is 0 Å². The van der Waals surface area contributed by atoms with Crippen molar-refractivity contribution in [2.24, 2.45) is 0 Å². The Morgan fingerprint density at radius 1 is 1.33 bits per heavy atom. The van der Waals surface area contributed by atoms with Crippen LogP contribution in [-0.4, -0.2) is 47.9 Å². The summed E-state index contributed by atoms with van der Waals surface area (Å²) >= 11 is 0. The van der Waals surface area contributed by atoms with Gasteiger partial charge in [-0.3, -0.25) is 4.90 Å². The summed E-state index contributed by atoms with van der Waals surface area (Å²) in [7, 11) is 0. The number of phenolic OH excluding ortho intramolecular Hbond substituents is 1. The van der Waals surface area contributed by atoms with E-state index in [0.29, 0.717) is 6.42 Å². The lowest BCUT2D eigenvalue weighted by Crippen LogP contribution is -2.45. The first-order chi connectivity index (χ1) is 8.72. The first-order valence-corrected chi connectivity index (χ1v) is 6.26. The van der Waals surface area contributed by atoms with Crippen molar-refractivity contribution in [2.75, 3.05) is 32.8 Å². The Hall–Kier alpha value is -1.17. The normalized spacial score (nSPS) is 18.8. The van der Waals surface area contributed by atoms with Crippen molar-refractivity contribution in [1.82, 2.24) is 10.2 Å². The van der Waals surface area contributed by atoms with E-state index in [1.165, 1.54) is 12.1 Å². The van der Waals surface area contributed by atoms with E-state index in [1.54, 1.807) is 6.07 Å². The van der Waals surface area contributed by atoms with Gasteiger partial charge in [-0.05, 0) is 24.1 Å². The zero-order valence-corrected chi connectivity index (χ0v) is 10.3. The number of phenols is 1. The number of hydrogen-bond acceptors (Lipinski definition) is 4. The first kappa shape index (κ1) is 13.3. The van der Waals surface area contributed by atoms with Crippen LogP contribution in [0.2, 0.25) is 0 Å². The van der Waals surface area contributed by atoms with Crippen molar-refractivity contribution < 1.29 is 14.6 Å². The number of nitrogens with one attached hydrogen (secondary N) is 1. The lowest BCUT2D eigenvalue weighted by molar-refractivity contribution is 0.141. The standard InChI is InChI=1S/C13H19FN2O2/c14-11-9-10(1-2-13(11)18)12(3-8-17)16-6-4-15-5-7-16/h1-2,9,12,15,17-18H,3-8H2/t12-/m0/s1. The Morgan fingerprint density at radius 2 is 2.06 bits per heavy atom. The van der Waals surface area contributed by atoms with E-state index in [1.807, 2.05) is 0 Å². The van der Waals surface area contributed by atoms with Crippen LogP contribution < -0.4 is 5.32 Å². The van der Waals surface area contributed by atoms with Crippen LogP contribution in [0, 0.1) is 5.82 Å². The zero-order valence-electron chi connectivity index (χ0n) is 10.3. The van der Waals surface area contributed by atoms with Gasteiger partial charge in [0.1, 0.15) is 0 Å². The smallest absolute Gasteiger partial charge is 0.165 e. The number of nitrogens with zero attached hydrogens (tertiary/aromatic N) is 1. The van der Waals surface area contributed by atoms with Crippen LogP contribution >= 0.6 is 0 Å². The highest BCUT2D eigenvalue weighted by Gasteiger charge is 2.22. The Bertz CT molecular complexity index is 395. The molecule has 0 bridgehead atoms. The molecule has 0 amide bonds. The monoisotopic (exact) mass is 254 g/mol. The molecule has 1 aliphatic rings. The van der Waals surface area contributed by atoms with Crippen molar-refractivity contribution in [3.05, 3.63) is 29.6 Å². The summed E-state index contributed by atoms with van der Waals surface area (Å²) in [5.74, 6) is -0.938. The highest BCUT2D eigenvalue weighted by molar-refractivity contribution is 5.30. The third-order valence-corrected chi connectivity index (χ3v) is 3.35. The maximum Gasteiger partial charge on any atom is 0.165 e. The fourth-order valence-electron chi connectivity index (χ4n) is 2.41. The second kappa shape index (κ2) is 6.13. The molecule has 0 aromatic heterocycles. The van der Waals surface area contributed by atoms with Gasteiger partial charge < -0.3 is 15.5 Å². The number of aliphatic hydroxyl groups excluding tert-OH is 1. The highest BCUT2D eigenvalue weighted by atomic mass is 19.1. The third kappa shape index (κ3) is 2.98. The minimum Gasteiger partial charge on any atom is -0.505 e. The Labute approximate surface area is 106 Å². The average Bonchev–Trinajstić information content (AvgIpc) is 2.40. The van der Waals surface area contributed by atoms with E-state index in [9.17, 15) is 9.50 Å². The molecule has 1 aromatic rings. The molecule has 1 aromatic carbocycles. The summed E-state index contributed by atoms with van der Waals surface area (Å²) in [4.78, 5) is 2.23. The second-order valence-electron chi connectivity index (χ2n) is 4.52. The van der Waals surface area contributed by atoms with Crippen molar-refractivity contribution in [1.29, 1.82) is 0 Å². The molecule has 1 aliphatic heterocycles. The molecular formula is C13H19FN2O2. The van der Waals surface area contributed by atoms with E-state index >= 15 is 0 Å². The molecule has 0 spiro atoms. The van der Waals surface area contributed by atoms with Gasteiger partial charge in [-0.2, -0.15) is 0 Å². The van der Waals surface area contributed by atoms with Gasteiger partial charge in [0.05, 0.1) is 0 Å². The minimum atomic E-state index is -0.606. The second-order valence-corrected chi connectivity index (χ2v) is 4.52. The van der Waals surface area contributed by atoms with E-state index < -0.39 is 5.82 Å². The average molecular weight is 254 g/mol. The van der Waals surface area contributed by atoms with Crippen LogP contribution in [0.15, 0.2) is 18.2 Å². The van der Waals surface area contributed by atoms with E-state index in [2.05, 4.69) is 10.2 Å². The number of aliphatic hydroxyl groups is 1. The Kier molecular flexibility index (Phi) is 4.52. The molecular weight excluding hydrogens is 235 g/mol. The number of halogens is 1. The lowest BCUT2D eigenvalue weighted by Gasteiger charge is -2.35. The van der Waals surface area contributed by atoms with Gasteiger partial charge in [-0.15, -0.1) is 0 Å². The number of rotatable bonds is 4. The molecule has 2 rings (SSSR count). The van der Waals surface area contributed by atoms with Gasteiger partial charge in [-0.25, -0.2) is 4.39 Å².